The van der Waals surface area contributed by atoms with Crippen LogP contribution in [0.1, 0.15) is 97.3 Å². The fraction of sp³-hybridized carbons (Fsp3) is 0.438. The van der Waals surface area contributed by atoms with Crippen LogP contribution in [0.25, 0.3) is 21.3 Å². The van der Waals surface area contributed by atoms with E-state index in [2.05, 4.69) is 26.2 Å². The summed E-state index contributed by atoms with van der Waals surface area (Å²) in [6.07, 6.45) is 6.39. The molecule has 0 radical (unpaired) electrons. The minimum Gasteiger partial charge on any atom is -0.493 e. The number of anilines is 2. The van der Waals surface area contributed by atoms with Crippen molar-refractivity contribution in [1.82, 2.24) is 14.9 Å². The number of esters is 2. The Kier molecular flexibility index (Phi) is 12.0. The molecule has 1 amide bonds. The molecule has 0 atom stereocenters. The maximum absolute atomic E-state index is 14.0. The van der Waals surface area contributed by atoms with Crippen LogP contribution in [-0.2, 0) is 27.2 Å². The van der Waals surface area contributed by atoms with Gasteiger partial charge < -0.3 is 19.1 Å². The van der Waals surface area contributed by atoms with E-state index in [0.29, 0.717) is 66.3 Å². The molecule has 5 aromatic rings. The van der Waals surface area contributed by atoms with Gasteiger partial charge in [0.1, 0.15) is 17.2 Å². The maximum Gasteiger partial charge on any atom is 0.358 e. The third-order valence-corrected chi connectivity index (χ3v) is 13.2. The number of hydrogen-bond donors (Lipinski definition) is 1. The summed E-state index contributed by atoms with van der Waals surface area (Å²) in [5.41, 5.74) is 5.89. The average Bonchev–Trinajstić information content (AvgIpc) is 3.62. The Morgan fingerprint density at radius 1 is 0.917 bits per heavy atom. The summed E-state index contributed by atoms with van der Waals surface area (Å²) in [6, 6.07) is 23.6. The second-order valence-corrected chi connectivity index (χ2v) is 18.6. The number of fused-ring (bicyclic) bond motifs is 2. The minimum atomic E-state index is -0.721. The molecule has 1 spiro atoms. The minimum absolute atomic E-state index is 0.130. The van der Waals surface area contributed by atoms with Crippen molar-refractivity contribution >= 4 is 50.3 Å². The predicted molar refractivity (Wildman–Crippen MR) is 236 cm³/mol. The SMILES string of the molecule is CCOC(=O)CN1CCC2(CC1)CC(CCOc1cccc(-c3ccc(N4CCc5cccc(C(=O)Nc6nc7ccccc7s6)c5C4)nc3C(=O)OC(C)(C)C)c1C)C2. The lowest BCUT2D eigenvalue weighted by molar-refractivity contribution is -0.145. The van der Waals surface area contributed by atoms with E-state index in [1.54, 1.807) is 0 Å². The zero-order chi connectivity index (χ0) is 42.0. The van der Waals surface area contributed by atoms with E-state index in [9.17, 15) is 14.4 Å². The number of carbonyl (C=O) groups is 3. The van der Waals surface area contributed by atoms with Crippen LogP contribution >= 0.6 is 11.3 Å². The monoisotopic (exact) mass is 829 g/mol. The van der Waals surface area contributed by atoms with Crippen LogP contribution in [0.5, 0.6) is 5.75 Å². The molecule has 1 aliphatic carbocycles. The van der Waals surface area contributed by atoms with Crippen LogP contribution in [-0.4, -0.2) is 77.7 Å². The molecule has 0 unspecified atom stereocenters. The Bertz CT molecular complexity index is 2360. The summed E-state index contributed by atoms with van der Waals surface area (Å²) in [7, 11) is 0. The Morgan fingerprint density at radius 3 is 2.47 bits per heavy atom. The van der Waals surface area contributed by atoms with Crippen molar-refractivity contribution in [2.24, 2.45) is 11.3 Å². The molecular formula is C48H55N5O6S. The Hall–Kier alpha value is -5.33. The Balaban J connectivity index is 0.955. The number of piperidine rings is 1. The molecule has 314 valence electrons. The van der Waals surface area contributed by atoms with Gasteiger partial charge in [0.15, 0.2) is 10.8 Å². The van der Waals surface area contributed by atoms with Crippen LogP contribution in [0.4, 0.5) is 10.9 Å². The molecule has 2 aliphatic heterocycles. The van der Waals surface area contributed by atoms with E-state index < -0.39 is 11.6 Å². The molecule has 1 N–H and O–H groups in total. The van der Waals surface area contributed by atoms with Gasteiger partial charge in [-0.2, -0.15) is 0 Å². The highest BCUT2D eigenvalue weighted by molar-refractivity contribution is 7.22. The van der Waals surface area contributed by atoms with Crippen LogP contribution < -0.4 is 15.0 Å². The number of rotatable bonds is 12. The molecular weight excluding hydrogens is 775 g/mol. The number of benzene rings is 3. The third kappa shape index (κ3) is 9.19. The summed E-state index contributed by atoms with van der Waals surface area (Å²) in [6.45, 7) is 13.9. The first-order valence-electron chi connectivity index (χ1n) is 21.2. The van der Waals surface area contributed by atoms with Gasteiger partial charge in [-0.1, -0.05) is 47.7 Å². The second-order valence-electron chi connectivity index (χ2n) is 17.5. The quantitative estimate of drug-likeness (QED) is 0.122. The molecule has 2 aromatic heterocycles. The predicted octanol–water partition coefficient (Wildman–Crippen LogP) is 9.26. The molecule has 11 nitrogen and oxygen atoms in total. The number of likely N-dealkylation sites (tertiary alicyclic amines) is 1. The van der Waals surface area contributed by atoms with E-state index >= 15 is 0 Å². The van der Waals surface area contributed by atoms with E-state index in [-0.39, 0.29) is 17.6 Å². The summed E-state index contributed by atoms with van der Waals surface area (Å²) < 4.78 is 18.5. The van der Waals surface area contributed by atoms with Gasteiger partial charge in [0, 0.05) is 24.2 Å². The zero-order valence-electron chi connectivity index (χ0n) is 35.3. The molecule has 0 bridgehead atoms. The van der Waals surface area contributed by atoms with E-state index in [1.807, 2.05) is 101 Å². The van der Waals surface area contributed by atoms with Crippen LogP contribution in [0.2, 0.25) is 0 Å². The zero-order valence-corrected chi connectivity index (χ0v) is 36.2. The Labute approximate surface area is 356 Å². The van der Waals surface area contributed by atoms with Gasteiger partial charge in [-0.25, -0.2) is 14.8 Å². The van der Waals surface area contributed by atoms with Gasteiger partial charge in [-0.05, 0) is 156 Å². The average molecular weight is 830 g/mol. The van der Waals surface area contributed by atoms with E-state index in [4.69, 9.17) is 19.2 Å². The number of ether oxygens (including phenoxy) is 3. The number of aromatic nitrogens is 2. The lowest BCUT2D eigenvalue weighted by Gasteiger charge is -2.52. The number of thiazole rings is 1. The number of nitrogens with one attached hydrogen (secondary N) is 1. The van der Waals surface area contributed by atoms with Crippen LogP contribution in [0.15, 0.2) is 72.8 Å². The molecule has 3 aliphatic rings. The first kappa shape index (κ1) is 41.4. The van der Waals surface area contributed by atoms with Crippen molar-refractivity contribution in [3.63, 3.8) is 0 Å². The van der Waals surface area contributed by atoms with Crippen LogP contribution in [0.3, 0.4) is 0 Å². The number of pyridine rings is 1. The highest BCUT2D eigenvalue weighted by Gasteiger charge is 2.45. The molecule has 1 saturated carbocycles. The van der Waals surface area contributed by atoms with Crippen molar-refractivity contribution in [2.45, 2.75) is 85.3 Å². The molecule has 2 fully saturated rings. The first-order chi connectivity index (χ1) is 28.9. The van der Waals surface area contributed by atoms with Crippen molar-refractivity contribution in [2.75, 3.05) is 49.6 Å². The van der Waals surface area contributed by atoms with Crippen molar-refractivity contribution in [3.05, 3.63) is 101 Å². The highest BCUT2D eigenvalue weighted by atomic mass is 32.1. The van der Waals surface area contributed by atoms with Gasteiger partial charge in [0.05, 0.1) is 30.0 Å². The van der Waals surface area contributed by atoms with E-state index in [1.165, 1.54) is 24.2 Å². The molecule has 1 saturated heterocycles. The van der Waals surface area contributed by atoms with Crippen molar-refractivity contribution in [3.8, 4) is 16.9 Å². The molecule has 8 rings (SSSR count). The van der Waals surface area contributed by atoms with Gasteiger partial charge in [0.2, 0.25) is 0 Å². The summed E-state index contributed by atoms with van der Waals surface area (Å²) in [5, 5.41) is 3.59. The summed E-state index contributed by atoms with van der Waals surface area (Å²) in [4.78, 5) is 53.6. The number of para-hydroxylation sites is 1. The number of nitrogens with zero attached hydrogens (tertiary/aromatic N) is 4. The lowest BCUT2D eigenvalue weighted by Crippen LogP contribution is -2.48. The van der Waals surface area contributed by atoms with Gasteiger partial charge in [-0.3, -0.25) is 19.8 Å². The third-order valence-electron chi connectivity index (χ3n) is 12.2. The number of hydrogen-bond acceptors (Lipinski definition) is 11. The topological polar surface area (TPSA) is 123 Å². The molecule has 3 aromatic carbocycles. The number of carbonyl (C=O) groups excluding carboxylic acids is 3. The smallest absolute Gasteiger partial charge is 0.358 e. The number of amides is 1. The maximum atomic E-state index is 14.0. The Morgan fingerprint density at radius 2 is 1.70 bits per heavy atom. The van der Waals surface area contributed by atoms with Crippen LogP contribution in [0, 0.1) is 18.3 Å². The normalized spacial score (nSPS) is 16.6. The molecule has 60 heavy (non-hydrogen) atoms. The fourth-order valence-electron chi connectivity index (χ4n) is 9.15. The van der Waals surface area contributed by atoms with Gasteiger partial charge >= 0.3 is 11.9 Å². The van der Waals surface area contributed by atoms with Crippen molar-refractivity contribution in [1.29, 1.82) is 0 Å². The highest BCUT2D eigenvalue weighted by Crippen LogP contribution is 2.53. The standard InChI is InChI=1S/C48H55N5O6S/c1-6-57-42(54)30-52-24-21-48(22-25-52)27-32(28-48)20-26-58-39-15-10-12-34(31(39)2)35-17-18-41(50-43(35)45(56)59-47(3,4)5)53-23-19-33-11-9-13-36(37(33)29-53)44(55)51-46-49-38-14-7-8-16-40(38)60-46/h7-18,32H,6,19-30H2,1-5H3,(H,49,51,55). The van der Waals surface area contributed by atoms with E-state index in [0.717, 1.165) is 77.0 Å². The summed E-state index contributed by atoms with van der Waals surface area (Å²) >= 11 is 1.45. The molecule has 4 heterocycles. The first-order valence-corrected chi connectivity index (χ1v) is 22.1. The van der Waals surface area contributed by atoms with Gasteiger partial charge in [-0.15, -0.1) is 0 Å². The summed E-state index contributed by atoms with van der Waals surface area (Å²) in [5.74, 6) is 1.23. The fourth-order valence-corrected chi connectivity index (χ4v) is 10.0. The second kappa shape index (κ2) is 17.3. The lowest BCUT2D eigenvalue weighted by atomic mass is 9.57. The molecule has 12 heteroatoms. The largest absolute Gasteiger partial charge is 0.493 e. The van der Waals surface area contributed by atoms with Crippen molar-refractivity contribution < 1.29 is 28.6 Å². The van der Waals surface area contributed by atoms with Gasteiger partial charge in [0.25, 0.3) is 5.91 Å².